The number of benzene rings is 1. The molecule has 0 aliphatic rings. The number of ether oxygens (including phenoxy) is 1. The molecule has 0 unspecified atom stereocenters. The minimum atomic E-state index is -3.00. The number of carbonyl (C=O) groups is 1. The maximum Gasteiger partial charge on any atom is 0.387 e. The summed E-state index contributed by atoms with van der Waals surface area (Å²) < 4.78 is 37.1. The molecule has 0 fully saturated rings. The molecule has 0 aliphatic heterocycles. The summed E-state index contributed by atoms with van der Waals surface area (Å²) in [5.74, 6) is 1.04. The maximum absolute atomic E-state index is 12.7. The number of thioether (sulfide) groups is 1. The van der Waals surface area contributed by atoms with Gasteiger partial charge in [0.05, 0.1) is 17.6 Å². The van der Waals surface area contributed by atoms with Gasteiger partial charge in [-0.1, -0.05) is 37.2 Å². The third-order valence-electron chi connectivity index (χ3n) is 3.99. The van der Waals surface area contributed by atoms with Crippen LogP contribution < -0.4 is 4.74 Å². The molecular formula is C20H21F2N3O3S. The standard InChI is InChI=1S/C20H21F2N3O3S/c1-12(2)10-25-18(17-5-4-8-27-17)23-24-20(25)29-11-15(26)14-9-13(3)6-7-16(14)28-19(21)22/h4-9,12,19H,10-11H2,1-3H3. The molecule has 9 heteroatoms. The molecule has 3 rings (SSSR count). The molecule has 0 amide bonds. The van der Waals surface area contributed by atoms with Gasteiger partial charge in [-0.25, -0.2) is 0 Å². The molecule has 0 bridgehead atoms. The van der Waals surface area contributed by atoms with Crippen molar-refractivity contribution in [3.63, 3.8) is 0 Å². The number of nitrogens with zero attached hydrogens (tertiary/aromatic N) is 3. The summed E-state index contributed by atoms with van der Waals surface area (Å²) in [7, 11) is 0. The summed E-state index contributed by atoms with van der Waals surface area (Å²) in [5.41, 5.74) is 0.905. The van der Waals surface area contributed by atoms with E-state index < -0.39 is 6.61 Å². The number of hydrogen-bond donors (Lipinski definition) is 0. The lowest BCUT2D eigenvalue weighted by molar-refractivity contribution is -0.0501. The highest BCUT2D eigenvalue weighted by molar-refractivity contribution is 7.99. The Morgan fingerprint density at radius 3 is 2.72 bits per heavy atom. The third kappa shape index (κ3) is 5.23. The van der Waals surface area contributed by atoms with E-state index in [1.165, 1.54) is 17.8 Å². The molecule has 0 saturated heterocycles. The fourth-order valence-electron chi connectivity index (χ4n) is 2.78. The van der Waals surface area contributed by atoms with Gasteiger partial charge in [0.25, 0.3) is 0 Å². The minimum Gasteiger partial charge on any atom is -0.461 e. The summed E-state index contributed by atoms with van der Waals surface area (Å²) in [6.07, 6.45) is 1.56. The van der Waals surface area contributed by atoms with Crippen LogP contribution in [-0.4, -0.2) is 32.9 Å². The van der Waals surface area contributed by atoms with E-state index in [4.69, 9.17) is 4.42 Å². The maximum atomic E-state index is 12.7. The average Bonchev–Trinajstić information content (AvgIpc) is 3.30. The van der Waals surface area contributed by atoms with Crippen LogP contribution in [-0.2, 0) is 6.54 Å². The van der Waals surface area contributed by atoms with Gasteiger partial charge in [-0.3, -0.25) is 9.36 Å². The number of hydrogen-bond acceptors (Lipinski definition) is 6. The van der Waals surface area contributed by atoms with Crippen molar-refractivity contribution in [1.29, 1.82) is 0 Å². The van der Waals surface area contributed by atoms with E-state index in [0.29, 0.717) is 29.2 Å². The molecule has 6 nitrogen and oxygen atoms in total. The first-order valence-corrected chi connectivity index (χ1v) is 10.0. The van der Waals surface area contributed by atoms with Gasteiger partial charge >= 0.3 is 6.61 Å². The molecule has 29 heavy (non-hydrogen) atoms. The second-order valence-electron chi connectivity index (χ2n) is 6.88. The highest BCUT2D eigenvalue weighted by Gasteiger charge is 2.20. The molecule has 3 aromatic rings. The van der Waals surface area contributed by atoms with Crippen molar-refractivity contribution in [3.8, 4) is 17.3 Å². The monoisotopic (exact) mass is 421 g/mol. The van der Waals surface area contributed by atoms with Crippen LogP contribution in [0.4, 0.5) is 8.78 Å². The zero-order valence-electron chi connectivity index (χ0n) is 16.3. The first-order chi connectivity index (χ1) is 13.8. The summed E-state index contributed by atoms with van der Waals surface area (Å²) in [5, 5.41) is 8.95. The van der Waals surface area contributed by atoms with Crippen LogP contribution in [0.15, 0.2) is 46.2 Å². The van der Waals surface area contributed by atoms with Gasteiger partial charge in [-0.05, 0) is 37.1 Å². The average molecular weight is 421 g/mol. The fraction of sp³-hybridized carbons (Fsp3) is 0.350. The molecule has 0 atom stereocenters. The molecule has 2 aromatic heterocycles. The van der Waals surface area contributed by atoms with Crippen LogP contribution in [0.2, 0.25) is 0 Å². The second kappa shape index (κ2) is 9.21. The first-order valence-electron chi connectivity index (χ1n) is 9.03. The number of ketones is 1. The van der Waals surface area contributed by atoms with Crippen LogP contribution in [0.3, 0.4) is 0 Å². The molecule has 0 spiro atoms. The predicted octanol–water partition coefficient (Wildman–Crippen LogP) is 5.08. The molecule has 154 valence electrons. The van der Waals surface area contributed by atoms with Gasteiger partial charge in [0.15, 0.2) is 22.5 Å². The Labute approximate surface area is 171 Å². The lowest BCUT2D eigenvalue weighted by Gasteiger charge is -2.12. The summed E-state index contributed by atoms with van der Waals surface area (Å²) in [6, 6.07) is 8.11. The van der Waals surface area contributed by atoms with E-state index in [0.717, 1.165) is 5.56 Å². The van der Waals surface area contributed by atoms with E-state index in [9.17, 15) is 13.6 Å². The Morgan fingerprint density at radius 1 is 1.28 bits per heavy atom. The van der Waals surface area contributed by atoms with Gasteiger partial charge in [0.1, 0.15) is 5.75 Å². The quantitative estimate of drug-likeness (QED) is 0.355. The number of aryl methyl sites for hydroxylation is 1. The zero-order chi connectivity index (χ0) is 21.0. The van der Waals surface area contributed by atoms with Crippen LogP contribution in [0.25, 0.3) is 11.6 Å². The minimum absolute atomic E-state index is 0.0113. The molecular weight excluding hydrogens is 400 g/mol. The van der Waals surface area contributed by atoms with Crippen LogP contribution >= 0.6 is 11.8 Å². The van der Waals surface area contributed by atoms with Crippen molar-refractivity contribution in [2.24, 2.45) is 5.92 Å². The third-order valence-corrected chi connectivity index (χ3v) is 4.96. The van der Waals surface area contributed by atoms with E-state index >= 15 is 0 Å². The second-order valence-corrected chi connectivity index (χ2v) is 7.82. The smallest absolute Gasteiger partial charge is 0.387 e. The van der Waals surface area contributed by atoms with E-state index in [2.05, 4.69) is 28.8 Å². The van der Waals surface area contributed by atoms with Crippen LogP contribution in [0.1, 0.15) is 29.8 Å². The lowest BCUT2D eigenvalue weighted by Crippen LogP contribution is -2.11. The molecule has 2 heterocycles. The number of halogens is 2. The molecule has 1 aromatic carbocycles. The largest absolute Gasteiger partial charge is 0.461 e. The topological polar surface area (TPSA) is 70.2 Å². The number of furan rings is 1. The van der Waals surface area contributed by atoms with Gasteiger partial charge in [-0.15, -0.1) is 10.2 Å². The molecule has 0 N–H and O–H groups in total. The first kappa shape index (κ1) is 21.0. The Morgan fingerprint density at radius 2 is 2.07 bits per heavy atom. The van der Waals surface area contributed by atoms with Gasteiger partial charge in [0.2, 0.25) is 0 Å². The molecule has 0 radical (unpaired) electrons. The Balaban J connectivity index is 1.81. The normalized spacial score (nSPS) is 11.4. The van der Waals surface area contributed by atoms with Crippen molar-refractivity contribution in [3.05, 3.63) is 47.7 Å². The number of Topliss-reactive ketones (excluding diaryl/α,β-unsaturated/α-hetero) is 1. The highest BCUT2D eigenvalue weighted by Crippen LogP contribution is 2.28. The predicted molar refractivity (Wildman–Crippen MR) is 105 cm³/mol. The Hall–Kier alpha value is -2.68. The zero-order valence-corrected chi connectivity index (χ0v) is 17.1. The lowest BCUT2D eigenvalue weighted by atomic mass is 10.1. The van der Waals surface area contributed by atoms with E-state index in [-0.39, 0.29) is 22.8 Å². The van der Waals surface area contributed by atoms with Crippen LogP contribution in [0, 0.1) is 12.8 Å². The molecule has 0 saturated carbocycles. The van der Waals surface area contributed by atoms with Crippen molar-refractivity contribution in [2.75, 3.05) is 5.75 Å². The number of rotatable bonds is 9. The fourth-order valence-corrected chi connectivity index (χ4v) is 3.61. The Kier molecular flexibility index (Phi) is 6.68. The van der Waals surface area contributed by atoms with Crippen molar-refractivity contribution >= 4 is 17.5 Å². The van der Waals surface area contributed by atoms with Gasteiger partial charge < -0.3 is 9.15 Å². The van der Waals surface area contributed by atoms with Crippen LogP contribution in [0.5, 0.6) is 5.75 Å². The van der Waals surface area contributed by atoms with Crippen molar-refractivity contribution in [2.45, 2.75) is 39.1 Å². The highest BCUT2D eigenvalue weighted by atomic mass is 32.2. The van der Waals surface area contributed by atoms with Crippen molar-refractivity contribution in [1.82, 2.24) is 14.8 Å². The van der Waals surface area contributed by atoms with E-state index in [1.807, 2.05) is 4.57 Å². The van der Waals surface area contributed by atoms with E-state index in [1.54, 1.807) is 37.5 Å². The Bertz CT molecular complexity index is 972. The van der Waals surface area contributed by atoms with Gasteiger partial charge in [0, 0.05) is 6.54 Å². The summed E-state index contributed by atoms with van der Waals surface area (Å²) in [6.45, 7) is 3.55. The summed E-state index contributed by atoms with van der Waals surface area (Å²) >= 11 is 1.20. The number of aromatic nitrogens is 3. The number of alkyl halides is 2. The molecule has 0 aliphatic carbocycles. The van der Waals surface area contributed by atoms with Gasteiger partial charge in [-0.2, -0.15) is 8.78 Å². The summed E-state index contributed by atoms with van der Waals surface area (Å²) in [4.78, 5) is 12.7. The number of carbonyl (C=O) groups excluding carboxylic acids is 1. The SMILES string of the molecule is Cc1ccc(OC(F)F)c(C(=O)CSc2nnc(-c3ccco3)n2CC(C)C)c1. The van der Waals surface area contributed by atoms with Crippen molar-refractivity contribution < 1.29 is 22.7 Å².